The van der Waals surface area contributed by atoms with E-state index in [1.165, 1.54) is 11.3 Å². The van der Waals surface area contributed by atoms with Gasteiger partial charge in [0.15, 0.2) is 0 Å². The molecule has 0 unspecified atom stereocenters. The maximum atomic E-state index is 11.3. The van der Waals surface area contributed by atoms with Crippen molar-refractivity contribution in [2.75, 3.05) is 0 Å². The number of pyridine rings is 1. The van der Waals surface area contributed by atoms with Crippen molar-refractivity contribution in [3.05, 3.63) is 53.5 Å². The minimum absolute atomic E-state index is 0. The Morgan fingerprint density at radius 2 is 1.90 bits per heavy atom. The van der Waals surface area contributed by atoms with Crippen LogP contribution in [-0.4, -0.2) is 16.1 Å². The van der Waals surface area contributed by atoms with Crippen molar-refractivity contribution >= 4 is 27.5 Å². The number of thiophene rings is 1. The fourth-order valence-corrected chi connectivity index (χ4v) is 2.93. The van der Waals surface area contributed by atoms with E-state index in [0.29, 0.717) is 4.88 Å². The van der Waals surface area contributed by atoms with Gasteiger partial charge in [-0.1, -0.05) is 13.8 Å². The summed E-state index contributed by atoms with van der Waals surface area (Å²) in [5.41, 5.74) is 1.62. The molecule has 0 aliphatic heterocycles. The van der Waals surface area contributed by atoms with Gasteiger partial charge in [0.1, 0.15) is 9.71 Å². The number of fused-ring (bicyclic) bond motifs is 1. The Hall–Kier alpha value is -1.10. The van der Waals surface area contributed by atoms with Crippen molar-refractivity contribution in [2.45, 2.75) is 13.8 Å². The van der Waals surface area contributed by atoms with E-state index in [2.05, 4.69) is 11.1 Å². The van der Waals surface area contributed by atoms with Crippen molar-refractivity contribution in [3.63, 3.8) is 0 Å². The van der Waals surface area contributed by atoms with Crippen molar-refractivity contribution in [1.82, 2.24) is 4.98 Å². The van der Waals surface area contributed by atoms with Gasteiger partial charge in [-0.05, 0) is 17.7 Å². The molecule has 0 saturated carbocycles. The molecule has 1 N–H and O–H groups in total. The third-order valence-electron chi connectivity index (χ3n) is 2.67. The Kier molecular flexibility index (Phi) is 7.16. The van der Waals surface area contributed by atoms with Crippen LogP contribution in [0.1, 0.15) is 23.5 Å². The molecule has 0 spiro atoms. The summed E-state index contributed by atoms with van der Waals surface area (Å²) in [5.74, 6) is -0.916. The number of carboxylic acids is 1. The Labute approximate surface area is 152 Å². The zero-order valence-electron chi connectivity index (χ0n) is 11.8. The Morgan fingerprint density at radius 1 is 1.24 bits per heavy atom. The molecule has 0 amide bonds. The van der Waals surface area contributed by atoms with Gasteiger partial charge in [-0.3, -0.25) is 0 Å². The predicted octanol–water partition coefficient (Wildman–Crippen LogP) is 4.49. The van der Waals surface area contributed by atoms with Crippen LogP contribution in [0.15, 0.2) is 42.6 Å². The van der Waals surface area contributed by atoms with E-state index in [4.69, 9.17) is 0 Å². The number of rotatable bonds is 2. The molecule has 2 heterocycles. The Bertz CT molecular complexity index is 725. The molecule has 0 fully saturated rings. The summed E-state index contributed by atoms with van der Waals surface area (Å²) < 4.78 is 0. The first-order valence-electron chi connectivity index (χ1n) is 6.34. The van der Waals surface area contributed by atoms with E-state index < -0.39 is 5.97 Å². The number of hydrogen-bond acceptors (Lipinski definition) is 3. The van der Waals surface area contributed by atoms with Crippen molar-refractivity contribution in [3.8, 4) is 11.1 Å². The quantitative estimate of drug-likeness (QED) is 0.674. The summed E-state index contributed by atoms with van der Waals surface area (Å²) in [6.45, 7) is 4.00. The molecule has 0 saturated heterocycles. The van der Waals surface area contributed by atoms with Gasteiger partial charge in [-0.2, -0.15) is 30.3 Å². The summed E-state index contributed by atoms with van der Waals surface area (Å²) in [6, 6.07) is 13.9. The molecule has 21 heavy (non-hydrogen) atoms. The van der Waals surface area contributed by atoms with Gasteiger partial charge in [-0.15, -0.1) is 16.9 Å². The van der Waals surface area contributed by atoms with E-state index in [1.54, 1.807) is 18.3 Å². The van der Waals surface area contributed by atoms with Gasteiger partial charge in [0.2, 0.25) is 0 Å². The molecule has 3 rings (SSSR count). The standard InChI is InChI=1S/C14H8NO2S.C2H6.Y/c16-14(17)12-11(9-5-2-1-3-6-9)10-7-4-8-15-13(10)18-12;1-2;/h2-8H,(H,16,17);1-2H3;/q-1;;. The van der Waals surface area contributed by atoms with Crippen LogP contribution >= 0.6 is 11.3 Å². The molecule has 0 aliphatic carbocycles. The smallest absolute Gasteiger partial charge is 0.346 e. The van der Waals surface area contributed by atoms with Gasteiger partial charge in [0.05, 0.1) is 0 Å². The number of nitrogens with zero attached hydrogens (tertiary/aromatic N) is 1. The van der Waals surface area contributed by atoms with Crippen LogP contribution in [0.4, 0.5) is 0 Å². The topological polar surface area (TPSA) is 50.2 Å². The monoisotopic (exact) mass is 373 g/mol. The van der Waals surface area contributed by atoms with Crippen LogP contribution < -0.4 is 0 Å². The fourth-order valence-electron chi connectivity index (χ4n) is 1.92. The number of hydrogen-bond donors (Lipinski definition) is 1. The average molecular weight is 373 g/mol. The van der Waals surface area contributed by atoms with Crippen LogP contribution in [0.5, 0.6) is 0 Å². The number of carboxylic acid groups (broad SMARTS) is 1. The van der Waals surface area contributed by atoms with Crippen molar-refractivity contribution in [2.24, 2.45) is 0 Å². The number of aromatic carboxylic acids is 1. The second kappa shape index (κ2) is 8.37. The van der Waals surface area contributed by atoms with Crippen LogP contribution in [-0.2, 0) is 32.7 Å². The number of benzene rings is 1. The summed E-state index contributed by atoms with van der Waals surface area (Å²) in [6.07, 6.45) is 1.67. The molecular formula is C16H14NO2SY-. The molecule has 5 heteroatoms. The van der Waals surface area contributed by atoms with Crippen molar-refractivity contribution in [1.29, 1.82) is 0 Å². The van der Waals surface area contributed by atoms with E-state index in [1.807, 2.05) is 38.1 Å². The zero-order chi connectivity index (χ0) is 14.5. The van der Waals surface area contributed by atoms with Gasteiger partial charge in [0.25, 0.3) is 0 Å². The number of carbonyl (C=O) groups is 1. The molecular weight excluding hydrogens is 359 g/mol. The van der Waals surface area contributed by atoms with Gasteiger partial charge >= 0.3 is 5.97 Å². The SMILES string of the molecule is CC.O=C(O)c1sc2ncccc2c1-c1cc[c-]cc1.[Y]. The first-order valence-corrected chi connectivity index (χ1v) is 7.16. The molecule has 1 aromatic carbocycles. The second-order valence-corrected chi connectivity index (χ2v) is 4.76. The zero-order valence-corrected chi connectivity index (χ0v) is 15.5. The minimum Gasteiger partial charge on any atom is -0.477 e. The summed E-state index contributed by atoms with van der Waals surface area (Å²) in [5, 5.41) is 10.2. The van der Waals surface area contributed by atoms with Crippen LogP contribution in [0.25, 0.3) is 21.3 Å². The molecule has 2 aromatic heterocycles. The van der Waals surface area contributed by atoms with Crippen LogP contribution in [0, 0.1) is 6.07 Å². The largest absolute Gasteiger partial charge is 0.477 e. The normalized spacial score (nSPS) is 9.43. The fraction of sp³-hybridized carbons (Fsp3) is 0.125. The Balaban J connectivity index is 0.000000706. The predicted molar refractivity (Wildman–Crippen MR) is 82.2 cm³/mol. The van der Waals surface area contributed by atoms with E-state index in [-0.39, 0.29) is 32.7 Å². The van der Waals surface area contributed by atoms with Crippen LogP contribution in [0.2, 0.25) is 0 Å². The number of aromatic nitrogens is 1. The van der Waals surface area contributed by atoms with Gasteiger partial charge in [-0.25, -0.2) is 9.78 Å². The second-order valence-electron chi connectivity index (χ2n) is 3.76. The summed E-state index contributed by atoms with van der Waals surface area (Å²) in [7, 11) is 0. The molecule has 3 aromatic rings. The average Bonchev–Trinajstić information content (AvgIpc) is 2.90. The molecule has 1 radical (unpaired) electrons. The first-order chi connectivity index (χ1) is 9.77. The first kappa shape index (κ1) is 18.0. The van der Waals surface area contributed by atoms with E-state index in [9.17, 15) is 9.90 Å². The molecule has 3 nitrogen and oxygen atoms in total. The maximum absolute atomic E-state index is 11.3. The van der Waals surface area contributed by atoms with E-state index in [0.717, 1.165) is 21.3 Å². The van der Waals surface area contributed by atoms with Gasteiger partial charge < -0.3 is 5.11 Å². The molecule has 0 bridgehead atoms. The Morgan fingerprint density at radius 3 is 2.52 bits per heavy atom. The van der Waals surface area contributed by atoms with Gasteiger partial charge in [0, 0.05) is 44.3 Å². The third-order valence-corrected chi connectivity index (χ3v) is 3.77. The maximum Gasteiger partial charge on any atom is 0.346 e. The summed E-state index contributed by atoms with van der Waals surface area (Å²) in [4.78, 5) is 16.6. The van der Waals surface area contributed by atoms with E-state index >= 15 is 0 Å². The molecule has 105 valence electrons. The van der Waals surface area contributed by atoms with Crippen LogP contribution in [0.3, 0.4) is 0 Å². The third kappa shape index (κ3) is 3.76. The minimum atomic E-state index is -0.916. The molecule has 0 atom stereocenters. The summed E-state index contributed by atoms with van der Waals surface area (Å²) >= 11 is 1.21. The molecule has 0 aliphatic rings. The van der Waals surface area contributed by atoms with Crippen molar-refractivity contribution < 1.29 is 42.6 Å².